The van der Waals surface area contributed by atoms with Crippen molar-refractivity contribution in [3.63, 3.8) is 0 Å². The summed E-state index contributed by atoms with van der Waals surface area (Å²) in [5.74, 6) is -4.02. The van der Waals surface area contributed by atoms with Crippen molar-refractivity contribution >= 4 is 15.7 Å². The minimum atomic E-state index is -4.39. The molecule has 0 aliphatic carbocycles. The van der Waals surface area contributed by atoms with Crippen LogP contribution in [0.15, 0.2) is 33.8 Å². The zero-order chi connectivity index (χ0) is 14.9. The molecule has 5 nitrogen and oxygen atoms in total. The van der Waals surface area contributed by atoms with Crippen LogP contribution in [0.5, 0.6) is 0 Å². The summed E-state index contributed by atoms with van der Waals surface area (Å²) in [5.41, 5.74) is -1.02. The fourth-order valence-electron chi connectivity index (χ4n) is 1.41. The van der Waals surface area contributed by atoms with Gasteiger partial charge in [0.1, 0.15) is 23.9 Å². The molecule has 108 valence electrons. The predicted octanol–water partition coefficient (Wildman–Crippen LogP) is 1.99. The summed E-state index contributed by atoms with van der Waals surface area (Å²) in [4.78, 5) is 0. The van der Waals surface area contributed by atoms with Gasteiger partial charge in [0.15, 0.2) is 11.6 Å². The molecule has 2 aromatic rings. The third-order valence-corrected chi connectivity index (χ3v) is 3.52. The summed E-state index contributed by atoms with van der Waals surface area (Å²) >= 11 is 0. The van der Waals surface area contributed by atoms with E-state index in [-0.39, 0.29) is 5.76 Å². The van der Waals surface area contributed by atoms with Crippen LogP contribution in [0.25, 0.3) is 0 Å². The standard InChI is InChI=1S/C11H8F3NO4S/c12-6-3-8(13)11(9(14)4-6)15-20(17,18)10-2-1-7(5-16)19-10/h1-4,15-16H,5H2. The topological polar surface area (TPSA) is 79.5 Å². The molecule has 0 radical (unpaired) electrons. The average Bonchev–Trinajstić information content (AvgIpc) is 2.83. The maximum atomic E-state index is 13.4. The van der Waals surface area contributed by atoms with Gasteiger partial charge in [0, 0.05) is 12.1 Å². The van der Waals surface area contributed by atoms with E-state index in [1.165, 1.54) is 6.07 Å². The monoisotopic (exact) mass is 307 g/mol. The highest BCUT2D eigenvalue weighted by Gasteiger charge is 2.23. The van der Waals surface area contributed by atoms with E-state index in [2.05, 4.69) is 0 Å². The van der Waals surface area contributed by atoms with Crippen molar-refractivity contribution in [2.75, 3.05) is 4.72 Å². The Bertz CT molecular complexity index is 719. The number of sulfonamides is 1. The molecule has 1 aromatic carbocycles. The van der Waals surface area contributed by atoms with E-state index in [0.29, 0.717) is 12.1 Å². The number of halogens is 3. The van der Waals surface area contributed by atoms with Gasteiger partial charge >= 0.3 is 0 Å². The fourth-order valence-corrected chi connectivity index (χ4v) is 2.44. The van der Waals surface area contributed by atoms with E-state index < -0.39 is 44.9 Å². The van der Waals surface area contributed by atoms with Crippen LogP contribution in [-0.4, -0.2) is 13.5 Å². The number of rotatable bonds is 4. The zero-order valence-electron chi connectivity index (χ0n) is 9.73. The molecule has 9 heteroatoms. The van der Waals surface area contributed by atoms with Crippen molar-refractivity contribution < 1.29 is 31.1 Å². The molecule has 0 amide bonds. The van der Waals surface area contributed by atoms with Gasteiger partial charge in [-0.05, 0) is 12.1 Å². The lowest BCUT2D eigenvalue weighted by Crippen LogP contribution is -2.14. The second kappa shape index (κ2) is 5.17. The number of anilines is 1. The number of nitrogens with one attached hydrogen (secondary N) is 1. The highest BCUT2D eigenvalue weighted by molar-refractivity contribution is 7.92. The lowest BCUT2D eigenvalue weighted by molar-refractivity contribution is 0.236. The molecule has 1 aromatic heterocycles. The minimum Gasteiger partial charge on any atom is -0.445 e. The summed E-state index contributed by atoms with van der Waals surface area (Å²) in [6, 6.07) is 2.86. The van der Waals surface area contributed by atoms with Crippen LogP contribution in [-0.2, 0) is 16.6 Å². The molecule has 0 bridgehead atoms. The van der Waals surface area contributed by atoms with E-state index in [4.69, 9.17) is 9.52 Å². The number of aliphatic hydroxyl groups is 1. The molecule has 1 heterocycles. The molecule has 0 fully saturated rings. The van der Waals surface area contributed by atoms with Gasteiger partial charge in [0.25, 0.3) is 10.0 Å². The molecule has 20 heavy (non-hydrogen) atoms. The van der Waals surface area contributed by atoms with Crippen molar-refractivity contribution in [1.29, 1.82) is 0 Å². The first kappa shape index (κ1) is 14.4. The minimum absolute atomic E-state index is 0.0366. The normalized spacial score (nSPS) is 11.6. The smallest absolute Gasteiger partial charge is 0.295 e. The van der Waals surface area contributed by atoms with E-state index in [0.717, 1.165) is 6.07 Å². The Morgan fingerprint density at radius 1 is 1.15 bits per heavy atom. The Balaban J connectivity index is 2.38. The largest absolute Gasteiger partial charge is 0.445 e. The third-order valence-electron chi connectivity index (χ3n) is 2.30. The Morgan fingerprint density at radius 2 is 1.75 bits per heavy atom. The summed E-state index contributed by atoms with van der Waals surface area (Å²) in [6.07, 6.45) is 0. The van der Waals surface area contributed by atoms with E-state index in [1.807, 2.05) is 0 Å². The summed E-state index contributed by atoms with van der Waals surface area (Å²) < 4.78 is 69.4. The van der Waals surface area contributed by atoms with Crippen LogP contribution in [0.1, 0.15) is 5.76 Å². The van der Waals surface area contributed by atoms with Crippen LogP contribution < -0.4 is 4.72 Å². The van der Waals surface area contributed by atoms with Crippen LogP contribution >= 0.6 is 0 Å². The SMILES string of the molecule is O=S(=O)(Nc1c(F)cc(F)cc1F)c1ccc(CO)o1. The molecule has 0 aliphatic heterocycles. The molecule has 0 saturated carbocycles. The van der Waals surface area contributed by atoms with Gasteiger partial charge in [-0.1, -0.05) is 0 Å². The third kappa shape index (κ3) is 2.78. The van der Waals surface area contributed by atoms with Gasteiger partial charge in [-0.25, -0.2) is 13.2 Å². The first-order valence-electron chi connectivity index (χ1n) is 5.20. The number of aliphatic hydroxyl groups excluding tert-OH is 1. The van der Waals surface area contributed by atoms with Gasteiger partial charge in [-0.15, -0.1) is 0 Å². The molecule has 0 saturated heterocycles. The van der Waals surface area contributed by atoms with Crippen molar-refractivity contribution in [1.82, 2.24) is 0 Å². The summed E-state index contributed by atoms with van der Waals surface area (Å²) in [6.45, 7) is -0.533. The van der Waals surface area contributed by atoms with Gasteiger partial charge < -0.3 is 9.52 Å². The lowest BCUT2D eigenvalue weighted by atomic mass is 10.3. The second-order valence-corrected chi connectivity index (χ2v) is 5.34. The quantitative estimate of drug-likeness (QED) is 0.905. The molecule has 0 unspecified atom stereocenters. The van der Waals surface area contributed by atoms with E-state index >= 15 is 0 Å². The van der Waals surface area contributed by atoms with Crippen molar-refractivity contribution in [3.05, 3.63) is 47.5 Å². The molecule has 0 spiro atoms. The molecule has 0 aliphatic rings. The van der Waals surface area contributed by atoms with Gasteiger partial charge in [-0.2, -0.15) is 8.42 Å². The summed E-state index contributed by atoms with van der Waals surface area (Å²) in [7, 11) is -4.39. The molecule has 0 atom stereocenters. The Kier molecular flexibility index (Phi) is 3.73. The van der Waals surface area contributed by atoms with Gasteiger partial charge in [-0.3, -0.25) is 4.72 Å². The van der Waals surface area contributed by atoms with Crippen LogP contribution in [0.3, 0.4) is 0 Å². The second-order valence-electron chi connectivity index (χ2n) is 3.73. The lowest BCUT2D eigenvalue weighted by Gasteiger charge is -2.08. The zero-order valence-corrected chi connectivity index (χ0v) is 10.5. The van der Waals surface area contributed by atoms with E-state index in [9.17, 15) is 21.6 Å². The predicted molar refractivity (Wildman–Crippen MR) is 61.8 cm³/mol. The van der Waals surface area contributed by atoms with Gasteiger partial charge in [0.2, 0.25) is 5.09 Å². The van der Waals surface area contributed by atoms with Gasteiger partial charge in [0.05, 0.1) is 0 Å². The maximum absolute atomic E-state index is 13.4. The maximum Gasteiger partial charge on any atom is 0.295 e. The Morgan fingerprint density at radius 3 is 2.25 bits per heavy atom. The first-order valence-corrected chi connectivity index (χ1v) is 6.69. The average molecular weight is 307 g/mol. The Hall–Kier alpha value is -2.00. The van der Waals surface area contributed by atoms with Crippen LogP contribution in [0.4, 0.5) is 18.9 Å². The summed E-state index contributed by atoms with van der Waals surface area (Å²) in [5, 5.41) is 8.12. The fraction of sp³-hybridized carbons (Fsp3) is 0.0909. The van der Waals surface area contributed by atoms with Crippen LogP contribution in [0.2, 0.25) is 0 Å². The van der Waals surface area contributed by atoms with Crippen LogP contribution in [0, 0.1) is 17.5 Å². The highest BCUT2D eigenvalue weighted by atomic mass is 32.2. The number of furan rings is 1. The number of hydrogen-bond acceptors (Lipinski definition) is 4. The number of benzene rings is 1. The molecular formula is C11H8F3NO4S. The van der Waals surface area contributed by atoms with Crippen molar-refractivity contribution in [3.8, 4) is 0 Å². The Labute approximate surface area is 111 Å². The molecular weight excluding hydrogens is 299 g/mol. The molecule has 2 rings (SSSR count). The van der Waals surface area contributed by atoms with E-state index in [1.54, 1.807) is 4.72 Å². The van der Waals surface area contributed by atoms with Crippen molar-refractivity contribution in [2.45, 2.75) is 11.7 Å². The highest BCUT2D eigenvalue weighted by Crippen LogP contribution is 2.24. The van der Waals surface area contributed by atoms with Crippen molar-refractivity contribution in [2.24, 2.45) is 0 Å². The number of hydrogen-bond donors (Lipinski definition) is 2. The first-order chi connectivity index (χ1) is 9.33. The molecule has 2 N–H and O–H groups in total.